The zero-order chi connectivity index (χ0) is 20.1. The van der Waals surface area contributed by atoms with E-state index in [-0.39, 0.29) is 22.0 Å². The van der Waals surface area contributed by atoms with Crippen molar-refractivity contribution in [2.45, 2.75) is 6.18 Å². The molecule has 3 aromatic rings. The van der Waals surface area contributed by atoms with Crippen molar-refractivity contribution in [1.82, 2.24) is 4.98 Å². The maximum absolute atomic E-state index is 13.4. The van der Waals surface area contributed by atoms with Crippen LogP contribution in [0.5, 0.6) is 0 Å². The van der Waals surface area contributed by atoms with Crippen LogP contribution in [0.1, 0.15) is 11.1 Å². The molecular formula is C18H10F4N4OS. The van der Waals surface area contributed by atoms with Crippen LogP contribution in [0.4, 0.5) is 22.7 Å². The van der Waals surface area contributed by atoms with E-state index < -0.39 is 23.5 Å². The third-order valence-corrected chi connectivity index (χ3v) is 5.02. The number of hydrogen-bond donors (Lipinski definition) is 1. The first-order chi connectivity index (χ1) is 13.3. The molecule has 0 atom stereocenters. The highest BCUT2D eigenvalue weighted by Gasteiger charge is 2.35. The van der Waals surface area contributed by atoms with E-state index >= 15 is 0 Å². The molecule has 1 aliphatic rings. The highest BCUT2D eigenvalue weighted by molar-refractivity contribution is 7.22. The van der Waals surface area contributed by atoms with Gasteiger partial charge in [-0.05, 0) is 30.3 Å². The highest BCUT2D eigenvalue weighted by Crippen LogP contribution is 2.34. The van der Waals surface area contributed by atoms with Crippen LogP contribution < -0.4 is 10.7 Å². The van der Waals surface area contributed by atoms with E-state index in [2.05, 4.69) is 10.1 Å². The van der Waals surface area contributed by atoms with Gasteiger partial charge in [0, 0.05) is 11.8 Å². The van der Waals surface area contributed by atoms with E-state index in [1.54, 1.807) is 0 Å². The molecule has 142 valence electrons. The van der Waals surface area contributed by atoms with Crippen molar-refractivity contribution < 1.29 is 22.4 Å². The van der Waals surface area contributed by atoms with Gasteiger partial charge in [-0.15, -0.1) is 0 Å². The number of alkyl halides is 3. The molecule has 1 amide bonds. The smallest absolute Gasteiger partial charge is 0.404 e. The summed E-state index contributed by atoms with van der Waals surface area (Å²) in [5.41, 5.74) is 5.17. The number of aromatic nitrogens is 1. The highest BCUT2D eigenvalue weighted by atomic mass is 32.1. The van der Waals surface area contributed by atoms with Crippen LogP contribution in [0.25, 0.3) is 10.2 Å². The summed E-state index contributed by atoms with van der Waals surface area (Å²) in [5.74, 6) is -1.08. The summed E-state index contributed by atoms with van der Waals surface area (Å²) in [6.45, 7) is 0. The minimum Gasteiger partial charge on any atom is -0.404 e. The minimum absolute atomic E-state index is 0.00374. The fourth-order valence-electron chi connectivity index (χ4n) is 2.73. The van der Waals surface area contributed by atoms with Gasteiger partial charge in [-0.25, -0.2) is 9.37 Å². The number of fused-ring (bicyclic) bond motifs is 1. The predicted octanol–water partition coefficient (Wildman–Crippen LogP) is 4.05. The first kappa shape index (κ1) is 18.1. The van der Waals surface area contributed by atoms with Crippen molar-refractivity contribution in [3.8, 4) is 0 Å². The quantitative estimate of drug-likeness (QED) is 0.516. The van der Waals surface area contributed by atoms with Crippen molar-refractivity contribution in [2.24, 2.45) is 10.8 Å². The third kappa shape index (κ3) is 3.01. The van der Waals surface area contributed by atoms with Crippen LogP contribution >= 0.6 is 11.3 Å². The van der Waals surface area contributed by atoms with E-state index in [0.717, 1.165) is 34.7 Å². The Kier molecular flexibility index (Phi) is 4.15. The molecule has 0 spiro atoms. The Morgan fingerprint density at radius 1 is 1.14 bits per heavy atom. The molecular weight excluding hydrogens is 396 g/mol. The van der Waals surface area contributed by atoms with Gasteiger partial charge >= 0.3 is 6.18 Å². The maximum Gasteiger partial charge on any atom is 0.416 e. The predicted molar refractivity (Wildman–Crippen MR) is 97.3 cm³/mol. The second-order valence-corrected chi connectivity index (χ2v) is 6.84. The molecule has 0 fully saturated rings. The fourth-order valence-corrected chi connectivity index (χ4v) is 3.67. The maximum atomic E-state index is 13.4. The molecule has 0 saturated heterocycles. The van der Waals surface area contributed by atoms with Crippen molar-refractivity contribution in [3.05, 3.63) is 71.2 Å². The minimum atomic E-state index is -4.54. The largest absolute Gasteiger partial charge is 0.416 e. The van der Waals surface area contributed by atoms with E-state index in [0.29, 0.717) is 10.2 Å². The van der Waals surface area contributed by atoms with Crippen LogP contribution in [0.2, 0.25) is 0 Å². The number of halogens is 4. The lowest BCUT2D eigenvalue weighted by atomic mass is 10.0. The summed E-state index contributed by atoms with van der Waals surface area (Å²) >= 11 is 1.03. The van der Waals surface area contributed by atoms with E-state index in [1.807, 2.05) is 0 Å². The fraction of sp³-hybridized carbons (Fsp3) is 0.0556. The van der Waals surface area contributed by atoms with Gasteiger partial charge in [0.2, 0.25) is 5.13 Å². The first-order valence-corrected chi connectivity index (χ1v) is 8.68. The lowest BCUT2D eigenvalue weighted by Gasteiger charge is -2.08. The summed E-state index contributed by atoms with van der Waals surface area (Å²) in [4.78, 5) is 16.9. The molecule has 0 radical (unpaired) electrons. The second kappa shape index (κ2) is 6.41. The van der Waals surface area contributed by atoms with Crippen LogP contribution in [0.3, 0.4) is 0 Å². The lowest BCUT2D eigenvalue weighted by Crippen LogP contribution is -2.21. The van der Waals surface area contributed by atoms with E-state index in [9.17, 15) is 22.4 Å². The zero-order valence-electron chi connectivity index (χ0n) is 13.9. The van der Waals surface area contributed by atoms with Crippen LogP contribution in [-0.4, -0.2) is 16.6 Å². The Labute approximate surface area is 159 Å². The van der Waals surface area contributed by atoms with E-state index in [1.165, 1.54) is 30.3 Å². The molecule has 0 unspecified atom stereocenters. The van der Waals surface area contributed by atoms with Gasteiger partial charge in [-0.1, -0.05) is 23.5 Å². The van der Waals surface area contributed by atoms with Crippen LogP contribution in [0, 0.1) is 5.82 Å². The number of amides is 1. The Bertz CT molecular complexity index is 1170. The van der Waals surface area contributed by atoms with Gasteiger partial charge in [0.05, 0.1) is 21.4 Å². The molecule has 1 aromatic heterocycles. The molecule has 2 heterocycles. The van der Waals surface area contributed by atoms with E-state index in [4.69, 9.17) is 5.73 Å². The molecule has 10 heteroatoms. The SMILES string of the molecule is N/C=C1/C(=O)N(c2nc3ccc(F)cc3s2)N=C1c1cccc(C(F)(F)F)c1. The normalized spacial score (nSPS) is 16.3. The Morgan fingerprint density at radius 3 is 2.64 bits per heavy atom. The van der Waals surface area contributed by atoms with Gasteiger partial charge in [0.15, 0.2) is 0 Å². The van der Waals surface area contributed by atoms with Crippen molar-refractivity contribution in [1.29, 1.82) is 0 Å². The Balaban J connectivity index is 1.80. The second-order valence-electron chi connectivity index (χ2n) is 5.83. The summed E-state index contributed by atoms with van der Waals surface area (Å²) in [6.07, 6.45) is -3.54. The molecule has 2 N–H and O–H groups in total. The van der Waals surface area contributed by atoms with Crippen molar-refractivity contribution >= 4 is 38.3 Å². The van der Waals surface area contributed by atoms with Crippen molar-refractivity contribution in [2.75, 3.05) is 5.01 Å². The summed E-state index contributed by atoms with van der Waals surface area (Å²) in [6, 6.07) is 8.42. The summed E-state index contributed by atoms with van der Waals surface area (Å²) < 4.78 is 52.9. The topological polar surface area (TPSA) is 71.6 Å². The zero-order valence-corrected chi connectivity index (χ0v) is 14.7. The molecule has 28 heavy (non-hydrogen) atoms. The first-order valence-electron chi connectivity index (χ1n) is 7.87. The average Bonchev–Trinajstić information content (AvgIpc) is 3.21. The molecule has 0 aliphatic carbocycles. The number of thiazole rings is 1. The molecule has 1 aliphatic heterocycles. The van der Waals surface area contributed by atoms with Gasteiger partial charge < -0.3 is 5.73 Å². The molecule has 0 saturated carbocycles. The number of carbonyl (C=O) groups is 1. The Hall–Kier alpha value is -3.27. The van der Waals surface area contributed by atoms with Gasteiger partial charge in [-0.3, -0.25) is 4.79 Å². The van der Waals surface area contributed by atoms with Gasteiger partial charge in [0.1, 0.15) is 11.5 Å². The lowest BCUT2D eigenvalue weighted by molar-refractivity contribution is -0.137. The monoisotopic (exact) mass is 406 g/mol. The van der Waals surface area contributed by atoms with Crippen LogP contribution in [-0.2, 0) is 11.0 Å². The summed E-state index contributed by atoms with van der Waals surface area (Å²) in [5, 5.41) is 5.26. The average molecular weight is 406 g/mol. The van der Waals surface area contributed by atoms with Gasteiger partial charge in [0.25, 0.3) is 5.91 Å². The Morgan fingerprint density at radius 2 is 1.93 bits per heavy atom. The number of nitrogens with zero attached hydrogens (tertiary/aromatic N) is 3. The molecule has 4 rings (SSSR count). The van der Waals surface area contributed by atoms with Crippen LogP contribution in [0.15, 0.2) is 59.3 Å². The standard InChI is InChI=1S/C18H10F4N4OS/c19-11-4-5-13-14(7-11)28-17(24-13)26-16(27)12(8-23)15(25-26)9-2-1-3-10(6-9)18(20,21)22/h1-8H,23H2/b12-8+. The number of nitrogens with two attached hydrogens (primary N) is 1. The number of carbonyl (C=O) groups excluding carboxylic acids is 1. The number of hydrazone groups is 1. The number of hydrogen-bond acceptors (Lipinski definition) is 5. The molecule has 0 bridgehead atoms. The van der Waals surface area contributed by atoms with Crippen molar-refractivity contribution in [3.63, 3.8) is 0 Å². The summed E-state index contributed by atoms with van der Waals surface area (Å²) in [7, 11) is 0. The number of anilines is 1. The molecule has 5 nitrogen and oxygen atoms in total. The number of benzene rings is 2. The third-order valence-electron chi connectivity index (χ3n) is 4.03. The number of rotatable bonds is 2. The van der Waals surface area contributed by atoms with Gasteiger partial charge in [-0.2, -0.15) is 23.3 Å². The molecule has 2 aromatic carbocycles.